The molecule has 0 aliphatic rings. The van der Waals surface area contributed by atoms with Crippen LogP contribution >= 0.6 is 11.6 Å². The Labute approximate surface area is 145 Å². The predicted molar refractivity (Wildman–Crippen MR) is 99.7 cm³/mol. The molecule has 2 heterocycles. The number of benzene rings is 1. The topological polar surface area (TPSA) is 54.5 Å². The van der Waals surface area contributed by atoms with Gasteiger partial charge >= 0.3 is 0 Å². The van der Waals surface area contributed by atoms with Crippen LogP contribution < -0.4 is 0 Å². The van der Waals surface area contributed by atoms with Gasteiger partial charge in [0, 0.05) is 5.56 Å². The fourth-order valence-electron chi connectivity index (χ4n) is 2.46. The van der Waals surface area contributed by atoms with Crippen molar-refractivity contribution in [3.8, 4) is 11.3 Å². The molecule has 0 saturated heterocycles. The summed E-state index contributed by atoms with van der Waals surface area (Å²) in [4.78, 5) is 0. The molecule has 1 N–H and O–H groups in total. The maximum Gasteiger partial charge on any atom is 0.204 e. The molecule has 0 fully saturated rings. The molecule has 0 aliphatic heterocycles. The second kappa shape index (κ2) is 7.23. The molecule has 4 nitrogen and oxygen atoms in total. The third-order valence-electron chi connectivity index (χ3n) is 3.65. The van der Waals surface area contributed by atoms with Crippen molar-refractivity contribution in [2.75, 3.05) is 0 Å². The molecule has 0 saturated carbocycles. The number of fused-ring (bicyclic) bond motifs is 1. The van der Waals surface area contributed by atoms with E-state index >= 15 is 0 Å². The van der Waals surface area contributed by atoms with E-state index in [4.69, 9.17) is 11.6 Å². The van der Waals surface area contributed by atoms with Crippen molar-refractivity contribution in [3.63, 3.8) is 0 Å². The van der Waals surface area contributed by atoms with Crippen LogP contribution in [-0.2, 0) is 0 Å². The van der Waals surface area contributed by atoms with Crippen LogP contribution in [0.5, 0.6) is 0 Å². The van der Waals surface area contributed by atoms with Crippen molar-refractivity contribution in [3.05, 3.63) is 71.4 Å². The summed E-state index contributed by atoms with van der Waals surface area (Å²) in [5.74, 6) is 0. The Balaban J connectivity index is 2.17. The van der Waals surface area contributed by atoms with Crippen LogP contribution in [0.2, 0.25) is 5.02 Å². The van der Waals surface area contributed by atoms with Gasteiger partial charge in [-0.2, -0.15) is 5.10 Å². The molecule has 0 amide bonds. The van der Waals surface area contributed by atoms with Crippen LogP contribution in [0.3, 0.4) is 0 Å². The van der Waals surface area contributed by atoms with Gasteiger partial charge < -0.3 is 0 Å². The lowest BCUT2D eigenvalue weighted by molar-refractivity contribution is 1.02. The lowest BCUT2D eigenvalue weighted by Gasteiger charge is -2.05. The summed E-state index contributed by atoms with van der Waals surface area (Å²) in [5.41, 5.74) is 3.92. The van der Waals surface area contributed by atoms with E-state index in [-0.39, 0.29) is 0 Å². The number of nitrogens with zero attached hydrogens (tertiary/aromatic N) is 3. The first-order valence-electron chi connectivity index (χ1n) is 7.68. The second-order valence-corrected chi connectivity index (χ2v) is 5.53. The molecule has 0 radical (unpaired) electrons. The van der Waals surface area contributed by atoms with E-state index in [9.17, 15) is 0 Å². The highest BCUT2D eigenvalue weighted by atomic mass is 35.5. The molecule has 1 aromatic carbocycles. The van der Waals surface area contributed by atoms with Crippen molar-refractivity contribution in [2.45, 2.75) is 13.8 Å². The molecule has 3 rings (SSSR count). The molecule has 0 unspecified atom stereocenters. The van der Waals surface area contributed by atoms with Crippen LogP contribution in [0.25, 0.3) is 27.9 Å². The zero-order chi connectivity index (χ0) is 16.9. The summed E-state index contributed by atoms with van der Waals surface area (Å²) >= 11 is 6.66. The molecule has 0 atom stereocenters. The first-order valence-corrected chi connectivity index (χ1v) is 8.05. The number of rotatable bonds is 4. The molecular formula is C19H17ClN4. The van der Waals surface area contributed by atoms with Crippen LogP contribution in [0.4, 0.5) is 0 Å². The zero-order valence-corrected chi connectivity index (χ0v) is 14.2. The second-order valence-electron chi connectivity index (χ2n) is 5.15. The number of hydrogen-bond donors (Lipinski definition) is 1. The van der Waals surface area contributed by atoms with Crippen LogP contribution in [0, 0.1) is 0 Å². The highest BCUT2D eigenvalue weighted by Crippen LogP contribution is 2.34. The van der Waals surface area contributed by atoms with Crippen molar-refractivity contribution in [1.29, 1.82) is 0 Å². The number of halogens is 1. The zero-order valence-electron chi connectivity index (χ0n) is 13.5. The smallest absolute Gasteiger partial charge is 0.204 e. The number of H-pyrrole nitrogens is 1. The number of nitrogens with one attached hydrogen (secondary N) is 1. The standard InChI is InChI=1S/C19H17ClN4/c1-3-5-7-10-13(4-2)17-15-16(20)18(14-11-8-6-9-12-14)22-24-19(15)23-21-17/h3-12H,1-2H3,(H,21,23,24)/b5-3-,10-7-,13-4+. The van der Waals surface area contributed by atoms with Gasteiger partial charge in [0.05, 0.1) is 16.1 Å². The van der Waals surface area contributed by atoms with Crippen molar-refractivity contribution in [2.24, 2.45) is 0 Å². The van der Waals surface area contributed by atoms with Crippen LogP contribution in [0.15, 0.2) is 60.7 Å². The Hall–Kier alpha value is -2.72. The maximum absolute atomic E-state index is 6.66. The van der Waals surface area contributed by atoms with E-state index in [0.29, 0.717) is 16.4 Å². The molecular weight excluding hydrogens is 320 g/mol. The Morgan fingerprint density at radius 1 is 1.08 bits per heavy atom. The molecule has 120 valence electrons. The Kier molecular flexibility index (Phi) is 4.87. The van der Waals surface area contributed by atoms with Gasteiger partial charge in [0.2, 0.25) is 5.65 Å². The van der Waals surface area contributed by atoms with Crippen molar-refractivity contribution < 1.29 is 0 Å². The summed E-state index contributed by atoms with van der Waals surface area (Å²) in [6.07, 6.45) is 9.93. The lowest BCUT2D eigenvalue weighted by Crippen LogP contribution is -1.91. The summed E-state index contributed by atoms with van der Waals surface area (Å²) in [7, 11) is 0. The maximum atomic E-state index is 6.66. The van der Waals surface area contributed by atoms with E-state index in [1.54, 1.807) is 0 Å². The first kappa shape index (κ1) is 16.1. The quantitative estimate of drug-likeness (QED) is 0.665. The van der Waals surface area contributed by atoms with Gasteiger partial charge in [0.15, 0.2) is 0 Å². The number of aromatic amines is 1. The third-order valence-corrected chi connectivity index (χ3v) is 4.01. The average molecular weight is 337 g/mol. The molecule has 3 aromatic rings. The van der Waals surface area contributed by atoms with Gasteiger partial charge in [-0.25, -0.2) is 0 Å². The monoisotopic (exact) mass is 336 g/mol. The van der Waals surface area contributed by atoms with Crippen molar-refractivity contribution >= 4 is 28.2 Å². The number of allylic oxidation sites excluding steroid dienone is 6. The third kappa shape index (κ3) is 3.01. The fraction of sp³-hybridized carbons (Fsp3) is 0.105. The minimum Gasteiger partial charge on any atom is -0.275 e. The molecule has 0 spiro atoms. The lowest BCUT2D eigenvalue weighted by atomic mass is 10.1. The number of aromatic nitrogens is 4. The van der Waals surface area contributed by atoms with Gasteiger partial charge in [-0.15, -0.1) is 10.2 Å². The molecule has 24 heavy (non-hydrogen) atoms. The van der Waals surface area contributed by atoms with Gasteiger partial charge in [0.1, 0.15) is 5.69 Å². The van der Waals surface area contributed by atoms with Gasteiger partial charge in [-0.05, 0) is 19.4 Å². The molecule has 5 heteroatoms. The fourth-order valence-corrected chi connectivity index (χ4v) is 2.78. The highest BCUT2D eigenvalue weighted by Gasteiger charge is 2.17. The van der Waals surface area contributed by atoms with Crippen LogP contribution in [-0.4, -0.2) is 20.4 Å². The van der Waals surface area contributed by atoms with Crippen molar-refractivity contribution in [1.82, 2.24) is 20.4 Å². The van der Waals surface area contributed by atoms with Gasteiger partial charge in [-0.3, -0.25) is 5.10 Å². The predicted octanol–water partition coefficient (Wildman–Crippen LogP) is 5.21. The van der Waals surface area contributed by atoms with E-state index in [1.807, 2.05) is 74.6 Å². The summed E-state index contributed by atoms with van der Waals surface area (Å²) in [6.45, 7) is 3.95. The highest BCUT2D eigenvalue weighted by molar-refractivity contribution is 6.38. The van der Waals surface area contributed by atoms with E-state index < -0.39 is 0 Å². The normalized spacial score (nSPS) is 12.7. The molecule has 2 aromatic heterocycles. The minimum absolute atomic E-state index is 0.508. The summed E-state index contributed by atoms with van der Waals surface area (Å²) in [5, 5.41) is 17.0. The van der Waals surface area contributed by atoms with E-state index in [1.165, 1.54) is 0 Å². The molecule has 0 bridgehead atoms. The van der Waals surface area contributed by atoms with E-state index in [2.05, 4.69) is 20.4 Å². The largest absolute Gasteiger partial charge is 0.275 e. The minimum atomic E-state index is 0.508. The number of hydrogen-bond acceptors (Lipinski definition) is 3. The summed E-state index contributed by atoms with van der Waals surface area (Å²) in [6, 6.07) is 9.78. The average Bonchev–Trinajstić information content (AvgIpc) is 3.05. The Morgan fingerprint density at radius 2 is 1.88 bits per heavy atom. The van der Waals surface area contributed by atoms with Crippen LogP contribution in [0.1, 0.15) is 19.5 Å². The summed E-state index contributed by atoms with van der Waals surface area (Å²) < 4.78 is 0. The Morgan fingerprint density at radius 3 is 2.58 bits per heavy atom. The Bertz CT molecular complexity index is 937. The molecule has 0 aliphatic carbocycles. The van der Waals surface area contributed by atoms with Gasteiger partial charge in [-0.1, -0.05) is 72.3 Å². The SMILES string of the molecule is C\C=C/C=C\C(=C/C)c1[nH]nc2nnc(-c3ccccc3)c(Cl)c12. The van der Waals surface area contributed by atoms with Gasteiger partial charge in [0.25, 0.3) is 0 Å². The first-order chi connectivity index (χ1) is 11.8. The van der Waals surface area contributed by atoms with E-state index in [0.717, 1.165) is 22.2 Å².